The fraction of sp³-hybridized carbons (Fsp3) is 0.357. The van der Waals surface area contributed by atoms with Crippen LogP contribution in [0.5, 0.6) is 0 Å². The van der Waals surface area contributed by atoms with Crippen LogP contribution in [0.3, 0.4) is 0 Å². The number of aliphatic carboxylic acids is 2. The molecule has 21 heavy (non-hydrogen) atoms. The van der Waals surface area contributed by atoms with Crippen molar-refractivity contribution in [3.05, 3.63) is 35.6 Å². The molecule has 1 aromatic carbocycles. The third-order valence-corrected chi connectivity index (χ3v) is 4.05. The van der Waals surface area contributed by atoms with Crippen LogP contribution < -0.4 is 0 Å². The summed E-state index contributed by atoms with van der Waals surface area (Å²) in [4.78, 5) is 27.8. The van der Waals surface area contributed by atoms with Gasteiger partial charge in [0.25, 0.3) is 0 Å². The number of fused-ring (bicyclic) bond motifs is 1. The van der Waals surface area contributed by atoms with Gasteiger partial charge in [0, 0.05) is 0 Å². The summed E-state index contributed by atoms with van der Waals surface area (Å²) in [6.07, 6.45) is -0.788. The molecule has 4 atom stereocenters. The van der Waals surface area contributed by atoms with Crippen molar-refractivity contribution in [3.63, 3.8) is 0 Å². The molecule has 6 nitrogen and oxygen atoms in total. The third-order valence-electron chi connectivity index (χ3n) is 4.05. The second-order valence-electron chi connectivity index (χ2n) is 5.20. The van der Waals surface area contributed by atoms with E-state index >= 15 is 0 Å². The summed E-state index contributed by atoms with van der Waals surface area (Å²) in [6, 6.07) is 5.44. The van der Waals surface area contributed by atoms with Crippen molar-refractivity contribution in [2.75, 3.05) is 0 Å². The van der Waals surface area contributed by atoms with E-state index in [1.165, 1.54) is 24.3 Å². The van der Waals surface area contributed by atoms with Crippen LogP contribution in [0.4, 0.5) is 4.39 Å². The number of carboxylic acids is 2. The fourth-order valence-corrected chi connectivity index (χ4v) is 3.06. The Morgan fingerprint density at radius 2 is 1.76 bits per heavy atom. The summed E-state index contributed by atoms with van der Waals surface area (Å²) in [6.45, 7) is 0. The number of carboxylic acid groups (broad SMARTS) is 2. The van der Waals surface area contributed by atoms with Crippen LogP contribution in [0.25, 0.3) is 0 Å². The van der Waals surface area contributed by atoms with Gasteiger partial charge in [-0.2, -0.15) is 0 Å². The molecule has 2 aliphatic rings. The molecule has 1 aliphatic carbocycles. The molecule has 0 spiro atoms. The van der Waals surface area contributed by atoms with Crippen molar-refractivity contribution < 1.29 is 29.0 Å². The molecule has 0 saturated heterocycles. The van der Waals surface area contributed by atoms with Gasteiger partial charge in [0.1, 0.15) is 11.9 Å². The van der Waals surface area contributed by atoms with Gasteiger partial charge < -0.3 is 15.1 Å². The molecule has 3 rings (SSSR count). The Balaban J connectivity index is 1.96. The Morgan fingerprint density at radius 1 is 1.14 bits per heavy atom. The smallest absolute Gasteiger partial charge is 0.310 e. The number of nitrogens with zero attached hydrogens (tertiary/aromatic N) is 1. The summed E-state index contributed by atoms with van der Waals surface area (Å²) in [5.74, 6) is -4.99. The van der Waals surface area contributed by atoms with Crippen molar-refractivity contribution in [3.8, 4) is 0 Å². The lowest BCUT2D eigenvalue weighted by atomic mass is 9.87. The quantitative estimate of drug-likeness (QED) is 0.877. The average Bonchev–Trinajstić information content (AvgIpc) is 2.99. The molecule has 1 aromatic rings. The highest BCUT2D eigenvalue weighted by Gasteiger charge is 2.56. The topological polar surface area (TPSA) is 96.2 Å². The molecule has 0 radical (unpaired) electrons. The zero-order valence-electron chi connectivity index (χ0n) is 10.8. The lowest BCUT2D eigenvalue weighted by Crippen LogP contribution is -2.31. The van der Waals surface area contributed by atoms with Gasteiger partial charge in [-0.15, -0.1) is 0 Å². The molecule has 1 heterocycles. The molecule has 110 valence electrons. The van der Waals surface area contributed by atoms with Crippen molar-refractivity contribution >= 4 is 17.7 Å². The Kier molecular flexibility index (Phi) is 3.12. The number of carbonyl (C=O) groups is 2. The summed E-state index contributed by atoms with van der Waals surface area (Å²) < 4.78 is 13.0. The van der Waals surface area contributed by atoms with E-state index in [1.807, 2.05) is 0 Å². The summed E-state index contributed by atoms with van der Waals surface area (Å²) in [5.41, 5.74) is 0.914. The predicted octanol–water partition coefficient (Wildman–Crippen LogP) is 1.35. The van der Waals surface area contributed by atoms with E-state index in [2.05, 4.69) is 5.16 Å². The molecular weight excluding hydrogens is 281 g/mol. The molecule has 0 unspecified atom stereocenters. The van der Waals surface area contributed by atoms with E-state index in [0.29, 0.717) is 11.3 Å². The van der Waals surface area contributed by atoms with Crippen molar-refractivity contribution in [2.45, 2.75) is 12.5 Å². The second-order valence-corrected chi connectivity index (χ2v) is 5.20. The first kappa shape index (κ1) is 13.5. The minimum atomic E-state index is -1.09. The number of hydrogen-bond donors (Lipinski definition) is 2. The number of halogens is 1. The molecule has 1 fully saturated rings. The minimum absolute atomic E-state index is 0.000213. The van der Waals surface area contributed by atoms with E-state index in [0.717, 1.165) is 0 Å². The highest BCUT2D eigenvalue weighted by Crippen LogP contribution is 2.44. The van der Waals surface area contributed by atoms with E-state index < -0.39 is 41.6 Å². The molecule has 2 N–H and O–H groups in total. The molecule has 0 amide bonds. The predicted molar refractivity (Wildman–Crippen MR) is 68.2 cm³/mol. The van der Waals surface area contributed by atoms with Gasteiger partial charge in [0.2, 0.25) is 0 Å². The van der Waals surface area contributed by atoms with E-state index in [1.54, 1.807) is 0 Å². The van der Waals surface area contributed by atoms with Gasteiger partial charge in [-0.3, -0.25) is 9.59 Å². The van der Waals surface area contributed by atoms with Gasteiger partial charge in [-0.1, -0.05) is 17.3 Å². The summed E-state index contributed by atoms with van der Waals surface area (Å²) in [5, 5.41) is 22.3. The van der Waals surface area contributed by atoms with Gasteiger partial charge in [0.15, 0.2) is 0 Å². The normalized spacial score (nSPS) is 30.4. The van der Waals surface area contributed by atoms with E-state index in [4.69, 9.17) is 4.84 Å². The molecular formula is C14H12FNO5. The lowest BCUT2D eigenvalue weighted by molar-refractivity contribution is -0.145. The van der Waals surface area contributed by atoms with Crippen molar-refractivity contribution in [2.24, 2.45) is 22.9 Å². The van der Waals surface area contributed by atoms with Gasteiger partial charge in [0.05, 0.1) is 23.5 Å². The number of hydrogen-bond acceptors (Lipinski definition) is 4. The summed E-state index contributed by atoms with van der Waals surface area (Å²) >= 11 is 0. The maximum Gasteiger partial charge on any atom is 0.310 e. The van der Waals surface area contributed by atoms with E-state index in [-0.39, 0.29) is 6.42 Å². The first-order chi connectivity index (χ1) is 9.99. The maximum atomic E-state index is 13.0. The first-order valence-electron chi connectivity index (χ1n) is 6.44. The van der Waals surface area contributed by atoms with Crippen LogP contribution in [0.1, 0.15) is 12.0 Å². The first-order valence-corrected chi connectivity index (χ1v) is 6.44. The van der Waals surface area contributed by atoms with Gasteiger partial charge in [-0.05, 0) is 24.1 Å². The SMILES string of the molecule is O=C(O)[C@H]1C[C@@H](C(=O)O)[C@H]2ON=C(c3ccc(F)cc3)[C@H]21. The molecule has 0 bridgehead atoms. The molecule has 1 saturated carbocycles. The molecule has 7 heteroatoms. The second kappa shape index (κ2) is 4.83. The van der Waals surface area contributed by atoms with Crippen molar-refractivity contribution in [1.29, 1.82) is 0 Å². The van der Waals surface area contributed by atoms with Crippen LogP contribution in [0.15, 0.2) is 29.4 Å². The maximum absolute atomic E-state index is 13.0. The van der Waals surface area contributed by atoms with Crippen LogP contribution in [-0.4, -0.2) is 34.0 Å². The highest BCUT2D eigenvalue weighted by atomic mass is 19.1. The fourth-order valence-electron chi connectivity index (χ4n) is 3.06. The Labute approximate surface area is 118 Å². The highest BCUT2D eigenvalue weighted by molar-refractivity contribution is 6.05. The minimum Gasteiger partial charge on any atom is -0.481 e. The standard InChI is InChI=1S/C14H12FNO5/c15-7-3-1-6(2-4-7)11-10-8(13(17)18)5-9(14(19)20)12(10)21-16-11/h1-4,8-10,12H,5H2,(H,17,18)(H,19,20)/t8-,9+,10+,12+/m0/s1. The Hall–Kier alpha value is -2.44. The third kappa shape index (κ3) is 2.14. The van der Waals surface area contributed by atoms with Gasteiger partial charge >= 0.3 is 11.9 Å². The molecule has 1 aliphatic heterocycles. The summed E-state index contributed by atoms with van der Waals surface area (Å²) in [7, 11) is 0. The monoisotopic (exact) mass is 293 g/mol. The zero-order chi connectivity index (χ0) is 15.1. The number of benzene rings is 1. The number of rotatable bonds is 3. The molecule has 0 aromatic heterocycles. The Bertz CT molecular complexity index is 627. The van der Waals surface area contributed by atoms with E-state index in [9.17, 15) is 24.2 Å². The Morgan fingerprint density at radius 3 is 2.33 bits per heavy atom. The lowest BCUT2D eigenvalue weighted by Gasteiger charge is -2.15. The van der Waals surface area contributed by atoms with Crippen LogP contribution in [0, 0.1) is 23.6 Å². The zero-order valence-corrected chi connectivity index (χ0v) is 10.8. The van der Waals surface area contributed by atoms with Crippen molar-refractivity contribution in [1.82, 2.24) is 0 Å². The van der Waals surface area contributed by atoms with Gasteiger partial charge in [-0.25, -0.2) is 4.39 Å². The van der Waals surface area contributed by atoms with Crippen LogP contribution in [-0.2, 0) is 14.4 Å². The van der Waals surface area contributed by atoms with Crippen LogP contribution in [0.2, 0.25) is 0 Å². The van der Waals surface area contributed by atoms with Crippen LogP contribution >= 0.6 is 0 Å². The largest absolute Gasteiger partial charge is 0.481 e. The average molecular weight is 293 g/mol. The number of oxime groups is 1.